The number of aliphatic carboxylic acids is 1. The number of nitrogens with one attached hydrogen (secondary N) is 1. The van der Waals surface area contributed by atoms with Crippen molar-refractivity contribution in [3.63, 3.8) is 0 Å². The Morgan fingerprint density at radius 2 is 2.12 bits per heavy atom. The molecule has 1 aromatic carbocycles. The summed E-state index contributed by atoms with van der Waals surface area (Å²) in [4.78, 5) is 11.2. The number of carboxylic acid groups (broad SMARTS) is 1. The third-order valence-electron chi connectivity index (χ3n) is 3.05. The van der Waals surface area contributed by atoms with Gasteiger partial charge in [-0.1, -0.05) is 19.1 Å². The Morgan fingerprint density at radius 3 is 2.62 bits per heavy atom. The fourth-order valence-electron chi connectivity index (χ4n) is 2.28. The number of carbonyl (C=O) groups is 1. The molecule has 0 aromatic heterocycles. The highest BCUT2D eigenvalue weighted by Crippen LogP contribution is 2.40. The van der Waals surface area contributed by atoms with Crippen molar-refractivity contribution >= 4 is 11.7 Å². The van der Waals surface area contributed by atoms with Crippen LogP contribution in [0.15, 0.2) is 24.3 Å². The molecule has 0 heterocycles. The lowest BCUT2D eigenvalue weighted by Gasteiger charge is -2.44. The van der Waals surface area contributed by atoms with Gasteiger partial charge in [0.2, 0.25) is 0 Å². The smallest absolute Gasteiger partial charge is 0.329 e. The minimum absolute atomic E-state index is 0.261. The standard InChI is InChI=1S/C12H14FNO2/c1-8-6-12(7-8,11(15)16)14-10-5-3-2-4-9(10)13/h2-5,8,14H,6-7H2,1H3,(H,15,16). The van der Waals surface area contributed by atoms with Crippen LogP contribution in [0.3, 0.4) is 0 Å². The molecule has 0 unspecified atom stereocenters. The predicted octanol–water partition coefficient (Wildman–Crippen LogP) is 2.49. The second-order valence-corrected chi connectivity index (χ2v) is 4.51. The summed E-state index contributed by atoms with van der Waals surface area (Å²) in [6.45, 7) is 1.99. The number of rotatable bonds is 3. The van der Waals surface area contributed by atoms with Crippen molar-refractivity contribution in [2.75, 3.05) is 5.32 Å². The quantitative estimate of drug-likeness (QED) is 0.827. The van der Waals surface area contributed by atoms with E-state index in [4.69, 9.17) is 5.11 Å². The fraction of sp³-hybridized carbons (Fsp3) is 0.417. The second kappa shape index (κ2) is 3.77. The van der Waals surface area contributed by atoms with E-state index >= 15 is 0 Å². The van der Waals surface area contributed by atoms with Crippen LogP contribution >= 0.6 is 0 Å². The zero-order valence-corrected chi connectivity index (χ0v) is 9.03. The van der Waals surface area contributed by atoms with Crippen molar-refractivity contribution in [3.8, 4) is 0 Å². The molecule has 1 aromatic rings. The first-order valence-electron chi connectivity index (χ1n) is 5.30. The predicted molar refractivity (Wildman–Crippen MR) is 58.8 cm³/mol. The van der Waals surface area contributed by atoms with Crippen molar-refractivity contribution < 1.29 is 14.3 Å². The average molecular weight is 223 g/mol. The number of para-hydroxylation sites is 1. The highest BCUT2D eigenvalue weighted by atomic mass is 19.1. The van der Waals surface area contributed by atoms with Gasteiger partial charge in [-0.2, -0.15) is 0 Å². The normalized spacial score (nSPS) is 28.2. The van der Waals surface area contributed by atoms with Crippen LogP contribution < -0.4 is 5.32 Å². The van der Waals surface area contributed by atoms with Crippen molar-refractivity contribution in [3.05, 3.63) is 30.1 Å². The van der Waals surface area contributed by atoms with Crippen LogP contribution in [0.25, 0.3) is 0 Å². The Hall–Kier alpha value is -1.58. The first kappa shape index (κ1) is 10.9. The molecule has 0 saturated heterocycles. The van der Waals surface area contributed by atoms with Crippen LogP contribution in [-0.4, -0.2) is 16.6 Å². The molecule has 1 fully saturated rings. The van der Waals surface area contributed by atoms with Crippen LogP contribution in [0.4, 0.5) is 10.1 Å². The van der Waals surface area contributed by atoms with Gasteiger partial charge in [0.1, 0.15) is 11.4 Å². The molecule has 4 heteroatoms. The number of hydrogen-bond acceptors (Lipinski definition) is 2. The van der Waals surface area contributed by atoms with Gasteiger partial charge in [-0.05, 0) is 30.9 Å². The molecule has 0 atom stereocenters. The molecule has 1 aliphatic carbocycles. The largest absolute Gasteiger partial charge is 0.480 e. The summed E-state index contributed by atoms with van der Waals surface area (Å²) < 4.78 is 13.4. The van der Waals surface area contributed by atoms with E-state index in [1.807, 2.05) is 6.92 Å². The molecule has 0 bridgehead atoms. The molecular formula is C12H14FNO2. The molecule has 1 aliphatic rings. The maximum atomic E-state index is 13.4. The Bertz CT molecular complexity index is 413. The van der Waals surface area contributed by atoms with Crippen molar-refractivity contribution in [1.29, 1.82) is 0 Å². The van der Waals surface area contributed by atoms with Gasteiger partial charge in [0.25, 0.3) is 0 Å². The summed E-state index contributed by atoms with van der Waals surface area (Å²) in [6.07, 6.45) is 1.08. The third-order valence-corrected chi connectivity index (χ3v) is 3.05. The zero-order chi connectivity index (χ0) is 11.8. The van der Waals surface area contributed by atoms with Crippen LogP contribution in [-0.2, 0) is 4.79 Å². The number of carboxylic acids is 1. The maximum Gasteiger partial charge on any atom is 0.329 e. The van der Waals surface area contributed by atoms with Crippen molar-refractivity contribution in [2.45, 2.75) is 25.3 Å². The van der Waals surface area contributed by atoms with E-state index in [9.17, 15) is 9.18 Å². The first-order valence-corrected chi connectivity index (χ1v) is 5.30. The van der Waals surface area contributed by atoms with Gasteiger partial charge in [-0.15, -0.1) is 0 Å². The van der Waals surface area contributed by atoms with E-state index in [1.165, 1.54) is 6.07 Å². The topological polar surface area (TPSA) is 49.3 Å². The fourth-order valence-corrected chi connectivity index (χ4v) is 2.28. The SMILES string of the molecule is CC1CC(Nc2ccccc2F)(C(=O)O)C1. The zero-order valence-electron chi connectivity index (χ0n) is 9.03. The molecule has 0 radical (unpaired) electrons. The van der Waals surface area contributed by atoms with Gasteiger partial charge in [0.05, 0.1) is 5.69 Å². The van der Waals surface area contributed by atoms with Crippen molar-refractivity contribution in [2.24, 2.45) is 5.92 Å². The third kappa shape index (κ3) is 1.75. The van der Waals surface area contributed by atoms with Crippen LogP contribution in [0.5, 0.6) is 0 Å². The second-order valence-electron chi connectivity index (χ2n) is 4.51. The van der Waals surface area contributed by atoms with Gasteiger partial charge in [0, 0.05) is 0 Å². The molecule has 86 valence electrons. The van der Waals surface area contributed by atoms with E-state index < -0.39 is 17.3 Å². The molecule has 0 spiro atoms. The summed E-state index contributed by atoms with van der Waals surface area (Å²) in [5, 5.41) is 12.0. The molecule has 3 nitrogen and oxygen atoms in total. The van der Waals surface area contributed by atoms with E-state index in [-0.39, 0.29) is 5.69 Å². The molecule has 2 N–H and O–H groups in total. The van der Waals surface area contributed by atoms with E-state index in [2.05, 4.69) is 5.32 Å². The molecule has 0 aliphatic heterocycles. The van der Waals surface area contributed by atoms with E-state index in [1.54, 1.807) is 18.2 Å². The maximum absolute atomic E-state index is 13.4. The average Bonchev–Trinajstić information content (AvgIpc) is 2.18. The first-order chi connectivity index (χ1) is 7.53. The van der Waals surface area contributed by atoms with Crippen LogP contribution in [0.2, 0.25) is 0 Å². The van der Waals surface area contributed by atoms with Gasteiger partial charge in [-0.3, -0.25) is 0 Å². The van der Waals surface area contributed by atoms with Crippen molar-refractivity contribution in [1.82, 2.24) is 0 Å². The number of benzene rings is 1. The molecular weight excluding hydrogens is 209 g/mol. The lowest BCUT2D eigenvalue weighted by Crippen LogP contribution is -2.55. The Morgan fingerprint density at radius 1 is 1.50 bits per heavy atom. The van der Waals surface area contributed by atoms with E-state index in [0.717, 1.165) is 0 Å². The lowest BCUT2D eigenvalue weighted by atomic mass is 9.69. The molecule has 16 heavy (non-hydrogen) atoms. The van der Waals surface area contributed by atoms with Gasteiger partial charge in [0.15, 0.2) is 0 Å². The van der Waals surface area contributed by atoms with Crippen LogP contribution in [0, 0.1) is 11.7 Å². The van der Waals surface area contributed by atoms with Crippen LogP contribution in [0.1, 0.15) is 19.8 Å². The minimum atomic E-state index is -0.985. The van der Waals surface area contributed by atoms with E-state index in [0.29, 0.717) is 18.8 Å². The highest BCUT2D eigenvalue weighted by Gasteiger charge is 2.49. The minimum Gasteiger partial charge on any atom is -0.480 e. The molecule has 2 rings (SSSR count). The Balaban J connectivity index is 2.20. The molecule has 1 saturated carbocycles. The summed E-state index contributed by atoms with van der Waals surface area (Å²) in [7, 11) is 0. The number of hydrogen-bond donors (Lipinski definition) is 2. The lowest BCUT2D eigenvalue weighted by molar-refractivity contribution is -0.147. The summed E-state index contributed by atoms with van der Waals surface area (Å²) in [5.74, 6) is -0.952. The summed E-state index contributed by atoms with van der Waals surface area (Å²) in [6, 6.07) is 6.14. The van der Waals surface area contributed by atoms with Gasteiger partial charge in [-0.25, -0.2) is 9.18 Å². The monoisotopic (exact) mass is 223 g/mol. The van der Waals surface area contributed by atoms with Gasteiger partial charge >= 0.3 is 5.97 Å². The highest BCUT2D eigenvalue weighted by molar-refractivity contribution is 5.84. The molecule has 0 amide bonds. The Kier molecular flexibility index (Phi) is 2.58. The van der Waals surface area contributed by atoms with Gasteiger partial charge < -0.3 is 10.4 Å². The summed E-state index contributed by atoms with van der Waals surface area (Å²) >= 11 is 0. The number of anilines is 1. The number of halogens is 1. The summed E-state index contributed by atoms with van der Waals surface area (Å²) in [5.41, 5.74) is -0.724. The Labute approximate surface area is 93.3 Å².